The molecule has 1 aliphatic heterocycles. The standard InChI is InChI=1S/C15H21N7O3S/c1-2-22-13(18-20-15(22)25)10-5-7-21(8-6-10)12(24)4-3-11(23)17-14-19-16-9-26-14/h9-10H,2-8H2,1H3,(H,20,25)(H,17,19,23). The number of carbonyl (C=O) groups is 2. The van der Waals surface area contributed by atoms with Crippen LogP contribution in [0.3, 0.4) is 0 Å². The SMILES string of the molecule is CCn1c(C2CCN(C(=O)CCC(=O)Nc3nncs3)CC2)n[nH]c1=O. The first-order valence-corrected chi connectivity index (χ1v) is 9.45. The summed E-state index contributed by atoms with van der Waals surface area (Å²) in [6, 6.07) is 0. The van der Waals surface area contributed by atoms with Gasteiger partial charge in [0.15, 0.2) is 0 Å². The molecule has 0 spiro atoms. The molecule has 2 amide bonds. The van der Waals surface area contributed by atoms with Crippen molar-refractivity contribution in [2.45, 2.75) is 45.1 Å². The molecule has 3 rings (SSSR count). The highest BCUT2D eigenvalue weighted by Gasteiger charge is 2.27. The molecule has 2 aromatic rings. The molecule has 2 N–H and O–H groups in total. The summed E-state index contributed by atoms with van der Waals surface area (Å²) in [5.41, 5.74) is 1.34. The van der Waals surface area contributed by atoms with E-state index in [1.54, 1.807) is 9.47 Å². The molecule has 1 saturated heterocycles. The van der Waals surface area contributed by atoms with Crippen LogP contribution in [0.25, 0.3) is 0 Å². The maximum atomic E-state index is 12.3. The Bertz CT molecular complexity index is 806. The first-order chi connectivity index (χ1) is 12.6. The third kappa shape index (κ3) is 4.15. The molecule has 3 heterocycles. The number of aromatic amines is 1. The summed E-state index contributed by atoms with van der Waals surface area (Å²) in [6.07, 6.45) is 1.80. The summed E-state index contributed by atoms with van der Waals surface area (Å²) in [5.74, 6) is 0.652. The fourth-order valence-electron chi connectivity index (χ4n) is 3.12. The smallest absolute Gasteiger partial charge is 0.343 e. The van der Waals surface area contributed by atoms with Gasteiger partial charge in [0.1, 0.15) is 11.3 Å². The van der Waals surface area contributed by atoms with Gasteiger partial charge >= 0.3 is 5.69 Å². The summed E-state index contributed by atoms with van der Waals surface area (Å²) >= 11 is 1.23. The van der Waals surface area contributed by atoms with Crippen LogP contribution in [0.5, 0.6) is 0 Å². The summed E-state index contributed by atoms with van der Waals surface area (Å²) in [6.45, 7) is 3.69. The number of nitrogens with zero attached hydrogens (tertiary/aromatic N) is 5. The molecule has 0 unspecified atom stereocenters. The van der Waals surface area contributed by atoms with Crippen LogP contribution < -0.4 is 11.0 Å². The Labute approximate surface area is 153 Å². The van der Waals surface area contributed by atoms with Gasteiger partial charge in [0.2, 0.25) is 16.9 Å². The summed E-state index contributed by atoms with van der Waals surface area (Å²) in [4.78, 5) is 37.6. The molecule has 26 heavy (non-hydrogen) atoms. The van der Waals surface area contributed by atoms with E-state index in [2.05, 4.69) is 25.7 Å². The summed E-state index contributed by atoms with van der Waals surface area (Å²) < 4.78 is 1.64. The fraction of sp³-hybridized carbons (Fsp3) is 0.600. The van der Waals surface area contributed by atoms with E-state index < -0.39 is 0 Å². The first kappa shape index (κ1) is 18.2. The van der Waals surface area contributed by atoms with Crippen LogP contribution in [0.2, 0.25) is 0 Å². The molecular formula is C15H21N7O3S. The second kappa shape index (κ2) is 8.21. The highest BCUT2D eigenvalue weighted by molar-refractivity contribution is 7.13. The van der Waals surface area contributed by atoms with Crippen molar-refractivity contribution in [2.75, 3.05) is 18.4 Å². The first-order valence-electron chi connectivity index (χ1n) is 8.57. The Hall–Kier alpha value is -2.56. The van der Waals surface area contributed by atoms with Gasteiger partial charge in [-0.25, -0.2) is 9.89 Å². The van der Waals surface area contributed by atoms with Crippen molar-refractivity contribution < 1.29 is 9.59 Å². The number of piperidine rings is 1. The summed E-state index contributed by atoms with van der Waals surface area (Å²) in [7, 11) is 0. The number of amides is 2. The lowest BCUT2D eigenvalue weighted by atomic mass is 9.95. The van der Waals surface area contributed by atoms with Gasteiger partial charge in [0.25, 0.3) is 0 Å². The minimum atomic E-state index is -0.242. The lowest BCUT2D eigenvalue weighted by molar-refractivity contribution is -0.133. The predicted molar refractivity (Wildman–Crippen MR) is 94.8 cm³/mol. The number of carbonyl (C=O) groups excluding carboxylic acids is 2. The molecule has 1 fully saturated rings. The maximum absolute atomic E-state index is 12.3. The molecule has 10 nitrogen and oxygen atoms in total. The number of anilines is 1. The number of H-pyrrole nitrogens is 1. The van der Waals surface area contributed by atoms with E-state index in [0.29, 0.717) is 24.8 Å². The molecule has 2 aromatic heterocycles. The Morgan fingerprint density at radius 3 is 2.77 bits per heavy atom. The molecule has 140 valence electrons. The summed E-state index contributed by atoms with van der Waals surface area (Å²) in [5, 5.41) is 17.1. The van der Waals surface area contributed by atoms with Gasteiger partial charge < -0.3 is 10.2 Å². The van der Waals surface area contributed by atoms with Crippen LogP contribution in [0, 0.1) is 0 Å². The van der Waals surface area contributed by atoms with E-state index in [1.807, 2.05) is 6.92 Å². The number of aromatic nitrogens is 5. The number of likely N-dealkylation sites (tertiary alicyclic amines) is 1. The van der Waals surface area contributed by atoms with Crippen molar-refractivity contribution in [1.29, 1.82) is 0 Å². The normalized spacial score (nSPS) is 15.2. The third-order valence-electron chi connectivity index (χ3n) is 4.49. The average molecular weight is 379 g/mol. The topological polar surface area (TPSA) is 126 Å². The Morgan fingerprint density at radius 2 is 2.12 bits per heavy atom. The van der Waals surface area contributed by atoms with Gasteiger partial charge in [-0.3, -0.25) is 14.2 Å². The number of hydrogen-bond donors (Lipinski definition) is 2. The highest BCUT2D eigenvalue weighted by Crippen LogP contribution is 2.26. The van der Waals surface area contributed by atoms with E-state index in [9.17, 15) is 14.4 Å². The number of rotatable bonds is 6. The maximum Gasteiger partial charge on any atom is 0.343 e. The molecule has 1 aliphatic rings. The molecule has 0 bridgehead atoms. The zero-order valence-corrected chi connectivity index (χ0v) is 15.3. The van der Waals surface area contributed by atoms with Crippen molar-refractivity contribution in [3.63, 3.8) is 0 Å². The van der Waals surface area contributed by atoms with Crippen LogP contribution in [-0.2, 0) is 16.1 Å². The Balaban J connectivity index is 1.46. The monoisotopic (exact) mass is 379 g/mol. The molecular weight excluding hydrogens is 358 g/mol. The molecule has 0 aliphatic carbocycles. The quantitative estimate of drug-likeness (QED) is 0.756. The van der Waals surface area contributed by atoms with Crippen LogP contribution in [-0.4, -0.2) is 54.8 Å². The van der Waals surface area contributed by atoms with Gasteiger partial charge in [-0.1, -0.05) is 11.3 Å². The number of nitrogens with one attached hydrogen (secondary N) is 2. The van der Waals surface area contributed by atoms with Crippen LogP contribution in [0.1, 0.15) is 44.3 Å². The van der Waals surface area contributed by atoms with E-state index >= 15 is 0 Å². The number of hydrogen-bond acceptors (Lipinski definition) is 7. The predicted octanol–water partition coefficient (Wildman–Crippen LogP) is 0.568. The van der Waals surface area contributed by atoms with Gasteiger partial charge in [-0.05, 0) is 19.8 Å². The van der Waals surface area contributed by atoms with Gasteiger partial charge in [0.05, 0.1) is 0 Å². The second-order valence-corrected chi connectivity index (χ2v) is 6.91. The van der Waals surface area contributed by atoms with Crippen molar-refractivity contribution in [3.8, 4) is 0 Å². The van der Waals surface area contributed by atoms with Crippen LogP contribution in [0.15, 0.2) is 10.3 Å². The Kier molecular flexibility index (Phi) is 5.76. The van der Waals surface area contributed by atoms with Gasteiger partial charge in [-0.2, -0.15) is 5.10 Å². The lowest BCUT2D eigenvalue weighted by Crippen LogP contribution is -2.38. The molecule has 0 atom stereocenters. The molecule has 11 heteroatoms. The van der Waals surface area contributed by atoms with E-state index in [0.717, 1.165) is 18.7 Å². The van der Waals surface area contributed by atoms with Crippen molar-refractivity contribution in [3.05, 3.63) is 21.8 Å². The lowest BCUT2D eigenvalue weighted by Gasteiger charge is -2.31. The highest BCUT2D eigenvalue weighted by atomic mass is 32.1. The second-order valence-electron chi connectivity index (χ2n) is 6.08. The molecule has 0 saturated carbocycles. The van der Waals surface area contributed by atoms with Crippen molar-refractivity contribution in [2.24, 2.45) is 0 Å². The zero-order chi connectivity index (χ0) is 18.5. The molecule has 0 aromatic carbocycles. The van der Waals surface area contributed by atoms with Crippen molar-refractivity contribution >= 4 is 28.3 Å². The van der Waals surface area contributed by atoms with E-state index in [-0.39, 0.29) is 36.3 Å². The third-order valence-corrected chi connectivity index (χ3v) is 5.10. The van der Waals surface area contributed by atoms with Gasteiger partial charge in [0, 0.05) is 38.4 Å². The van der Waals surface area contributed by atoms with Crippen LogP contribution >= 0.6 is 11.3 Å². The van der Waals surface area contributed by atoms with Crippen LogP contribution in [0.4, 0.5) is 5.13 Å². The largest absolute Gasteiger partial charge is 0.343 e. The van der Waals surface area contributed by atoms with Crippen molar-refractivity contribution in [1.82, 2.24) is 29.9 Å². The zero-order valence-electron chi connectivity index (χ0n) is 14.5. The average Bonchev–Trinajstić information content (AvgIpc) is 3.29. The fourth-order valence-corrected chi connectivity index (χ4v) is 3.58. The van der Waals surface area contributed by atoms with E-state index in [4.69, 9.17) is 0 Å². The Morgan fingerprint density at radius 1 is 1.35 bits per heavy atom. The van der Waals surface area contributed by atoms with Gasteiger partial charge in [-0.15, -0.1) is 10.2 Å². The molecule has 0 radical (unpaired) electrons. The minimum absolute atomic E-state index is 0.0363. The minimum Gasteiger partial charge on any atom is -0.343 e. The van der Waals surface area contributed by atoms with E-state index in [1.165, 1.54) is 16.8 Å².